The average Bonchev–Trinajstić information content (AvgIpc) is 3.22. The standard InChI is InChI=1S/C16H15BrN4O3/c1-2-4-12-8-13(20-19-12)16(22)23-9-14-18-15(21-24-14)10-5-3-6-11(17)7-10/h3,5-8H,2,4,9H2,1H3,(H,19,20). The van der Waals surface area contributed by atoms with Gasteiger partial charge in [0.15, 0.2) is 12.3 Å². The van der Waals surface area contributed by atoms with Crippen LogP contribution in [-0.2, 0) is 17.8 Å². The first-order chi connectivity index (χ1) is 11.7. The second kappa shape index (κ2) is 7.39. The minimum absolute atomic E-state index is 0.101. The van der Waals surface area contributed by atoms with Gasteiger partial charge in [-0.25, -0.2) is 4.79 Å². The van der Waals surface area contributed by atoms with Gasteiger partial charge in [-0.2, -0.15) is 10.1 Å². The lowest BCUT2D eigenvalue weighted by Crippen LogP contribution is -2.05. The molecule has 0 saturated carbocycles. The molecule has 0 fully saturated rings. The lowest BCUT2D eigenvalue weighted by Gasteiger charge is -1.97. The van der Waals surface area contributed by atoms with Gasteiger partial charge in [0, 0.05) is 15.7 Å². The Morgan fingerprint density at radius 1 is 1.38 bits per heavy atom. The quantitative estimate of drug-likeness (QED) is 0.646. The van der Waals surface area contributed by atoms with Crippen molar-refractivity contribution in [2.24, 2.45) is 0 Å². The SMILES string of the molecule is CCCc1cc(C(=O)OCc2nc(-c3cccc(Br)c3)no2)n[nH]1. The van der Waals surface area contributed by atoms with Crippen molar-refractivity contribution in [3.8, 4) is 11.4 Å². The van der Waals surface area contributed by atoms with Crippen molar-refractivity contribution in [3.63, 3.8) is 0 Å². The normalized spacial score (nSPS) is 10.8. The van der Waals surface area contributed by atoms with Crippen LogP contribution in [0.25, 0.3) is 11.4 Å². The highest BCUT2D eigenvalue weighted by molar-refractivity contribution is 9.10. The lowest BCUT2D eigenvalue weighted by atomic mass is 10.2. The highest BCUT2D eigenvalue weighted by Gasteiger charge is 2.15. The van der Waals surface area contributed by atoms with E-state index in [-0.39, 0.29) is 18.2 Å². The Labute approximate surface area is 146 Å². The zero-order chi connectivity index (χ0) is 16.9. The molecule has 2 aromatic heterocycles. The molecule has 0 aliphatic heterocycles. The maximum Gasteiger partial charge on any atom is 0.359 e. The molecular formula is C16H15BrN4O3. The molecular weight excluding hydrogens is 376 g/mol. The van der Waals surface area contributed by atoms with E-state index >= 15 is 0 Å². The summed E-state index contributed by atoms with van der Waals surface area (Å²) in [5.74, 6) is 0.130. The summed E-state index contributed by atoms with van der Waals surface area (Å²) in [6, 6.07) is 9.21. The number of nitrogens with one attached hydrogen (secondary N) is 1. The van der Waals surface area contributed by atoms with Crippen molar-refractivity contribution in [3.05, 3.63) is 52.1 Å². The first-order valence-corrected chi connectivity index (χ1v) is 8.25. The fraction of sp³-hybridized carbons (Fsp3) is 0.250. The zero-order valence-electron chi connectivity index (χ0n) is 13.0. The summed E-state index contributed by atoms with van der Waals surface area (Å²) < 4.78 is 11.2. The van der Waals surface area contributed by atoms with Gasteiger partial charge in [-0.15, -0.1) is 0 Å². The van der Waals surface area contributed by atoms with E-state index in [0.29, 0.717) is 5.82 Å². The minimum Gasteiger partial charge on any atom is -0.451 e. The van der Waals surface area contributed by atoms with Crippen molar-refractivity contribution < 1.29 is 14.1 Å². The van der Waals surface area contributed by atoms with Gasteiger partial charge in [0.2, 0.25) is 5.82 Å². The van der Waals surface area contributed by atoms with Gasteiger partial charge in [0.05, 0.1) is 0 Å². The number of carbonyl (C=O) groups is 1. The van der Waals surface area contributed by atoms with E-state index in [9.17, 15) is 4.79 Å². The van der Waals surface area contributed by atoms with Crippen molar-refractivity contribution in [1.29, 1.82) is 0 Å². The molecule has 3 rings (SSSR count). The summed E-state index contributed by atoms with van der Waals surface area (Å²) in [4.78, 5) is 16.2. The molecule has 24 heavy (non-hydrogen) atoms. The summed E-state index contributed by atoms with van der Waals surface area (Å²) in [7, 11) is 0. The van der Waals surface area contributed by atoms with Gasteiger partial charge < -0.3 is 9.26 Å². The Hall–Kier alpha value is -2.48. The van der Waals surface area contributed by atoms with E-state index in [4.69, 9.17) is 9.26 Å². The molecule has 2 heterocycles. The number of hydrogen-bond donors (Lipinski definition) is 1. The highest BCUT2D eigenvalue weighted by Crippen LogP contribution is 2.20. The first kappa shape index (κ1) is 16.4. The topological polar surface area (TPSA) is 93.9 Å². The molecule has 0 amide bonds. The summed E-state index contributed by atoms with van der Waals surface area (Å²) in [6.45, 7) is 1.95. The van der Waals surface area contributed by atoms with E-state index in [2.05, 4.69) is 43.2 Å². The van der Waals surface area contributed by atoms with Crippen LogP contribution in [0.5, 0.6) is 0 Å². The number of ether oxygens (including phenoxy) is 1. The number of benzene rings is 1. The molecule has 3 aromatic rings. The molecule has 0 atom stereocenters. The Balaban J connectivity index is 1.61. The fourth-order valence-electron chi connectivity index (χ4n) is 2.12. The Kier molecular flexibility index (Phi) is 5.05. The summed E-state index contributed by atoms with van der Waals surface area (Å²) in [6.07, 6.45) is 1.80. The number of rotatable bonds is 6. The highest BCUT2D eigenvalue weighted by atomic mass is 79.9. The van der Waals surface area contributed by atoms with E-state index in [1.807, 2.05) is 24.3 Å². The third-order valence-corrected chi connectivity index (χ3v) is 3.73. The van der Waals surface area contributed by atoms with Crippen LogP contribution >= 0.6 is 15.9 Å². The molecule has 0 aliphatic rings. The third-order valence-electron chi connectivity index (χ3n) is 3.24. The average molecular weight is 391 g/mol. The fourth-order valence-corrected chi connectivity index (χ4v) is 2.52. The Morgan fingerprint density at radius 3 is 3.04 bits per heavy atom. The van der Waals surface area contributed by atoms with Gasteiger partial charge in [-0.3, -0.25) is 5.10 Å². The summed E-state index contributed by atoms with van der Waals surface area (Å²) in [5, 5.41) is 10.6. The number of aromatic amines is 1. The molecule has 0 aliphatic carbocycles. The van der Waals surface area contributed by atoms with Crippen LogP contribution in [0.3, 0.4) is 0 Å². The van der Waals surface area contributed by atoms with Gasteiger partial charge in [0.1, 0.15) is 0 Å². The maximum absolute atomic E-state index is 12.0. The molecule has 1 N–H and O–H groups in total. The van der Waals surface area contributed by atoms with Gasteiger partial charge in [-0.05, 0) is 24.6 Å². The number of hydrogen-bond acceptors (Lipinski definition) is 6. The van der Waals surface area contributed by atoms with Crippen molar-refractivity contribution >= 4 is 21.9 Å². The second-order valence-electron chi connectivity index (χ2n) is 5.13. The number of halogens is 1. The van der Waals surface area contributed by atoms with E-state index < -0.39 is 5.97 Å². The maximum atomic E-state index is 12.0. The summed E-state index contributed by atoms with van der Waals surface area (Å²) >= 11 is 3.39. The Morgan fingerprint density at radius 2 is 2.25 bits per heavy atom. The van der Waals surface area contributed by atoms with E-state index in [0.717, 1.165) is 28.6 Å². The first-order valence-electron chi connectivity index (χ1n) is 7.45. The molecule has 7 nitrogen and oxygen atoms in total. The monoisotopic (exact) mass is 390 g/mol. The Bertz CT molecular complexity index is 843. The molecule has 124 valence electrons. The smallest absolute Gasteiger partial charge is 0.359 e. The molecule has 8 heteroatoms. The van der Waals surface area contributed by atoms with E-state index in [1.54, 1.807) is 6.07 Å². The number of aromatic nitrogens is 4. The molecule has 1 aromatic carbocycles. The minimum atomic E-state index is -0.532. The van der Waals surface area contributed by atoms with E-state index in [1.165, 1.54) is 0 Å². The number of esters is 1. The van der Waals surface area contributed by atoms with Gasteiger partial charge >= 0.3 is 5.97 Å². The molecule has 0 bridgehead atoms. The largest absolute Gasteiger partial charge is 0.451 e. The molecule has 0 spiro atoms. The predicted molar refractivity (Wildman–Crippen MR) is 89.1 cm³/mol. The number of aryl methyl sites for hydroxylation is 1. The number of nitrogens with zero attached hydrogens (tertiary/aromatic N) is 3. The van der Waals surface area contributed by atoms with Crippen LogP contribution in [0.15, 0.2) is 39.3 Å². The van der Waals surface area contributed by atoms with Crippen molar-refractivity contribution in [2.45, 2.75) is 26.4 Å². The third kappa shape index (κ3) is 3.88. The zero-order valence-corrected chi connectivity index (χ0v) is 14.5. The second-order valence-corrected chi connectivity index (χ2v) is 6.04. The molecule has 0 saturated heterocycles. The van der Waals surface area contributed by atoms with Crippen LogP contribution in [0.1, 0.15) is 35.4 Å². The van der Waals surface area contributed by atoms with Crippen molar-refractivity contribution in [2.75, 3.05) is 0 Å². The number of H-pyrrole nitrogens is 1. The van der Waals surface area contributed by atoms with Gasteiger partial charge in [-0.1, -0.05) is 46.6 Å². The van der Waals surface area contributed by atoms with Crippen molar-refractivity contribution in [1.82, 2.24) is 20.3 Å². The predicted octanol–water partition coefficient (Wildman–Crippen LogP) is 3.53. The van der Waals surface area contributed by atoms with Crippen LogP contribution in [-0.4, -0.2) is 26.3 Å². The van der Waals surface area contributed by atoms with Crippen LogP contribution < -0.4 is 0 Å². The van der Waals surface area contributed by atoms with Crippen LogP contribution in [0.4, 0.5) is 0 Å². The number of carbonyl (C=O) groups excluding carboxylic acids is 1. The lowest BCUT2D eigenvalue weighted by molar-refractivity contribution is 0.0423. The summed E-state index contributed by atoms with van der Waals surface area (Å²) in [5.41, 5.74) is 1.95. The molecule has 0 unspecified atom stereocenters. The van der Waals surface area contributed by atoms with Crippen LogP contribution in [0, 0.1) is 0 Å². The van der Waals surface area contributed by atoms with Crippen LogP contribution in [0.2, 0.25) is 0 Å². The van der Waals surface area contributed by atoms with Gasteiger partial charge in [0.25, 0.3) is 5.89 Å². The molecule has 0 radical (unpaired) electrons.